The third kappa shape index (κ3) is 2.74. The van der Waals surface area contributed by atoms with Gasteiger partial charge in [0, 0.05) is 5.56 Å². The molecule has 0 spiro atoms. The fourth-order valence-corrected chi connectivity index (χ4v) is 2.77. The SMILES string of the molecule is O=C(O)CC1(NC(=O)c2ccc3c(c2)OCC(=O)N3)CCC1. The normalized spacial score (nSPS) is 18.3. The molecule has 1 aliphatic heterocycles. The average Bonchev–Trinajstić information content (AvgIpc) is 2.43. The molecule has 1 aliphatic carbocycles. The smallest absolute Gasteiger partial charge is 0.305 e. The third-order valence-electron chi connectivity index (χ3n) is 4.06. The topological polar surface area (TPSA) is 105 Å². The van der Waals surface area contributed by atoms with E-state index in [1.54, 1.807) is 18.2 Å². The number of aliphatic carboxylic acids is 1. The van der Waals surface area contributed by atoms with Crippen LogP contribution in [0.2, 0.25) is 0 Å². The quantitative estimate of drug-likeness (QED) is 0.774. The molecule has 7 nitrogen and oxygen atoms in total. The number of nitrogens with one attached hydrogen (secondary N) is 2. The minimum Gasteiger partial charge on any atom is -0.482 e. The van der Waals surface area contributed by atoms with Crippen molar-refractivity contribution in [1.29, 1.82) is 0 Å². The molecule has 116 valence electrons. The van der Waals surface area contributed by atoms with Crippen LogP contribution in [-0.2, 0) is 9.59 Å². The number of carbonyl (C=O) groups is 3. The molecule has 0 radical (unpaired) electrons. The van der Waals surface area contributed by atoms with Crippen molar-refractivity contribution >= 4 is 23.5 Å². The fraction of sp³-hybridized carbons (Fsp3) is 0.400. The van der Waals surface area contributed by atoms with Crippen LogP contribution in [0.25, 0.3) is 0 Å². The van der Waals surface area contributed by atoms with E-state index in [1.807, 2.05) is 0 Å². The highest BCUT2D eigenvalue weighted by Crippen LogP contribution is 2.35. The van der Waals surface area contributed by atoms with Crippen molar-refractivity contribution in [2.24, 2.45) is 0 Å². The Bertz CT molecular complexity index is 651. The van der Waals surface area contributed by atoms with E-state index in [4.69, 9.17) is 9.84 Å². The summed E-state index contributed by atoms with van der Waals surface area (Å²) in [7, 11) is 0. The molecule has 22 heavy (non-hydrogen) atoms. The number of rotatable bonds is 4. The summed E-state index contributed by atoms with van der Waals surface area (Å²) in [6, 6.07) is 4.74. The average molecular weight is 304 g/mol. The number of carboxylic acid groups (broad SMARTS) is 1. The van der Waals surface area contributed by atoms with Crippen LogP contribution in [0.5, 0.6) is 5.75 Å². The highest BCUT2D eigenvalue weighted by Gasteiger charge is 2.40. The minimum atomic E-state index is -0.920. The summed E-state index contributed by atoms with van der Waals surface area (Å²) in [6.45, 7) is -0.0823. The maximum absolute atomic E-state index is 12.3. The van der Waals surface area contributed by atoms with E-state index in [1.165, 1.54) is 0 Å². The second-order valence-corrected chi connectivity index (χ2v) is 5.71. The van der Waals surface area contributed by atoms with Gasteiger partial charge in [0.1, 0.15) is 5.75 Å². The van der Waals surface area contributed by atoms with Crippen LogP contribution in [0.4, 0.5) is 5.69 Å². The summed E-state index contributed by atoms with van der Waals surface area (Å²) in [5.74, 6) is -1.05. The first-order valence-corrected chi connectivity index (χ1v) is 7.08. The maximum atomic E-state index is 12.3. The van der Waals surface area contributed by atoms with Crippen LogP contribution in [-0.4, -0.2) is 35.0 Å². The summed E-state index contributed by atoms with van der Waals surface area (Å²) in [5.41, 5.74) is 0.261. The maximum Gasteiger partial charge on any atom is 0.305 e. The van der Waals surface area contributed by atoms with Gasteiger partial charge in [-0.3, -0.25) is 14.4 Å². The number of hydrogen-bond acceptors (Lipinski definition) is 4. The first kappa shape index (κ1) is 14.4. The van der Waals surface area contributed by atoms with Crippen molar-refractivity contribution in [2.75, 3.05) is 11.9 Å². The molecule has 1 aromatic rings. The molecule has 0 saturated heterocycles. The Morgan fingerprint density at radius 3 is 2.77 bits per heavy atom. The molecule has 1 heterocycles. The summed E-state index contributed by atoms with van der Waals surface area (Å²) in [6.07, 6.45) is 2.17. The van der Waals surface area contributed by atoms with Gasteiger partial charge in [-0.15, -0.1) is 0 Å². The van der Waals surface area contributed by atoms with Crippen molar-refractivity contribution in [1.82, 2.24) is 5.32 Å². The number of hydrogen-bond donors (Lipinski definition) is 3. The molecule has 0 bridgehead atoms. The molecule has 2 aliphatic rings. The van der Waals surface area contributed by atoms with Gasteiger partial charge in [-0.25, -0.2) is 0 Å². The van der Waals surface area contributed by atoms with Gasteiger partial charge < -0.3 is 20.5 Å². The van der Waals surface area contributed by atoms with Crippen LogP contribution < -0.4 is 15.4 Å². The van der Waals surface area contributed by atoms with E-state index in [2.05, 4.69) is 10.6 Å². The highest BCUT2D eigenvalue weighted by atomic mass is 16.5. The lowest BCUT2D eigenvalue weighted by molar-refractivity contribution is -0.139. The third-order valence-corrected chi connectivity index (χ3v) is 4.06. The predicted molar refractivity (Wildman–Crippen MR) is 76.9 cm³/mol. The highest BCUT2D eigenvalue weighted by molar-refractivity contribution is 5.99. The van der Waals surface area contributed by atoms with E-state index in [9.17, 15) is 14.4 Å². The molecular formula is C15H16N2O5. The van der Waals surface area contributed by atoms with E-state index < -0.39 is 11.5 Å². The zero-order valence-electron chi connectivity index (χ0n) is 11.8. The Kier molecular flexibility index (Phi) is 3.48. The van der Waals surface area contributed by atoms with Gasteiger partial charge in [0.15, 0.2) is 6.61 Å². The van der Waals surface area contributed by atoms with E-state index >= 15 is 0 Å². The molecule has 1 fully saturated rings. The van der Waals surface area contributed by atoms with Crippen LogP contribution in [0.15, 0.2) is 18.2 Å². The number of ether oxygens (including phenoxy) is 1. The van der Waals surface area contributed by atoms with Gasteiger partial charge in [0.25, 0.3) is 11.8 Å². The van der Waals surface area contributed by atoms with Crippen LogP contribution in [0, 0.1) is 0 Å². The Morgan fingerprint density at radius 1 is 1.36 bits per heavy atom. The molecule has 1 saturated carbocycles. The van der Waals surface area contributed by atoms with E-state index in [-0.39, 0.29) is 24.8 Å². The predicted octanol–water partition coefficient (Wildman–Crippen LogP) is 1.14. The number of carbonyl (C=O) groups excluding carboxylic acids is 2. The second kappa shape index (κ2) is 5.32. The minimum absolute atomic E-state index is 0.0732. The zero-order chi connectivity index (χ0) is 15.7. The molecule has 0 aromatic heterocycles. The number of benzene rings is 1. The Labute approximate surface area is 126 Å². The molecule has 2 amide bonds. The largest absolute Gasteiger partial charge is 0.482 e. The van der Waals surface area contributed by atoms with Crippen LogP contribution in [0.3, 0.4) is 0 Å². The molecule has 1 aromatic carbocycles. The summed E-state index contributed by atoms with van der Waals surface area (Å²) >= 11 is 0. The Balaban J connectivity index is 1.75. The van der Waals surface area contributed by atoms with Crippen LogP contribution in [0.1, 0.15) is 36.0 Å². The molecule has 3 rings (SSSR count). The van der Waals surface area contributed by atoms with Gasteiger partial charge in [0.05, 0.1) is 17.6 Å². The lowest BCUT2D eigenvalue weighted by Crippen LogP contribution is -2.54. The summed E-state index contributed by atoms with van der Waals surface area (Å²) in [5, 5.41) is 14.4. The van der Waals surface area contributed by atoms with Crippen molar-refractivity contribution in [2.45, 2.75) is 31.2 Å². The molecule has 0 unspecified atom stereocenters. The summed E-state index contributed by atoms with van der Waals surface area (Å²) in [4.78, 5) is 34.5. The zero-order valence-corrected chi connectivity index (χ0v) is 11.8. The lowest BCUT2D eigenvalue weighted by Gasteiger charge is -2.41. The first-order valence-electron chi connectivity index (χ1n) is 7.08. The van der Waals surface area contributed by atoms with Crippen molar-refractivity contribution in [3.05, 3.63) is 23.8 Å². The van der Waals surface area contributed by atoms with Crippen molar-refractivity contribution in [3.63, 3.8) is 0 Å². The van der Waals surface area contributed by atoms with Gasteiger partial charge in [-0.05, 0) is 37.5 Å². The van der Waals surface area contributed by atoms with Crippen LogP contribution >= 0.6 is 0 Å². The summed E-state index contributed by atoms with van der Waals surface area (Å²) < 4.78 is 5.28. The van der Waals surface area contributed by atoms with Crippen molar-refractivity contribution in [3.8, 4) is 5.75 Å². The number of fused-ring (bicyclic) bond motifs is 1. The lowest BCUT2D eigenvalue weighted by atomic mass is 9.74. The molecule has 7 heteroatoms. The van der Waals surface area contributed by atoms with Gasteiger partial charge in [0.2, 0.25) is 0 Å². The van der Waals surface area contributed by atoms with E-state index in [0.717, 1.165) is 6.42 Å². The number of amides is 2. The van der Waals surface area contributed by atoms with Gasteiger partial charge >= 0.3 is 5.97 Å². The van der Waals surface area contributed by atoms with Gasteiger partial charge in [-0.1, -0.05) is 0 Å². The molecule has 0 atom stereocenters. The standard InChI is InChI=1S/C15H16N2O5/c18-12-8-22-11-6-9(2-3-10(11)16-12)14(21)17-15(4-1-5-15)7-13(19)20/h2-3,6H,1,4-5,7-8H2,(H,16,18)(H,17,21)(H,19,20). The molecular weight excluding hydrogens is 288 g/mol. The monoisotopic (exact) mass is 304 g/mol. The number of carboxylic acids is 1. The van der Waals surface area contributed by atoms with E-state index in [0.29, 0.717) is 29.8 Å². The number of anilines is 1. The fourth-order valence-electron chi connectivity index (χ4n) is 2.77. The first-order chi connectivity index (χ1) is 10.5. The molecule has 3 N–H and O–H groups in total. The Morgan fingerprint density at radius 2 is 2.14 bits per heavy atom. The van der Waals surface area contributed by atoms with Gasteiger partial charge in [-0.2, -0.15) is 0 Å². The Hall–Kier alpha value is -2.57. The second-order valence-electron chi connectivity index (χ2n) is 5.71. The van der Waals surface area contributed by atoms with Crippen molar-refractivity contribution < 1.29 is 24.2 Å².